The van der Waals surface area contributed by atoms with Crippen LogP contribution in [0.25, 0.3) is 0 Å². The minimum atomic E-state index is -4.72. The topological polar surface area (TPSA) is 112 Å². The molecule has 0 heterocycles. The van der Waals surface area contributed by atoms with Crippen LogP contribution in [0.3, 0.4) is 0 Å². The molecular weight excluding hydrogens is 387 g/mol. The fraction of sp³-hybridized carbons (Fsp3) is 0.267. The number of likely N-dealkylation sites (N-methyl/N-ethyl adjacent to an activating group) is 1. The summed E-state index contributed by atoms with van der Waals surface area (Å²) >= 11 is 6.05. The third kappa shape index (κ3) is 5.86. The van der Waals surface area contributed by atoms with Gasteiger partial charge in [0.15, 0.2) is 0 Å². The summed E-state index contributed by atoms with van der Waals surface area (Å²) in [5, 5.41) is 5.93. The van der Waals surface area contributed by atoms with E-state index in [9.17, 15) is 18.0 Å². The van der Waals surface area contributed by atoms with Crippen LogP contribution in [0.2, 0.25) is 5.02 Å². The number of guanidine groups is 1. The van der Waals surface area contributed by atoms with E-state index in [1.165, 1.54) is 11.9 Å². The minimum Gasteiger partial charge on any atom is -0.362 e. The molecule has 8 nitrogen and oxygen atoms in total. The van der Waals surface area contributed by atoms with Crippen molar-refractivity contribution in [3.8, 4) is 0 Å². The van der Waals surface area contributed by atoms with E-state index in [-0.39, 0.29) is 11.5 Å². The number of rotatable bonds is 5. The number of nitrogens with zero attached hydrogens (tertiary/aromatic N) is 4. The van der Waals surface area contributed by atoms with Crippen molar-refractivity contribution >= 4 is 35.5 Å². The summed E-state index contributed by atoms with van der Waals surface area (Å²) in [6.07, 6.45) is -2.02. The molecular formula is C15H19ClF3N7O. The molecule has 1 rings (SSSR count). The van der Waals surface area contributed by atoms with E-state index in [4.69, 9.17) is 23.3 Å². The van der Waals surface area contributed by atoms with Gasteiger partial charge in [-0.2, -0.15) is 13.2 Å². The summed E-state index contributed by atoms with van der Waals surface area (Å²) in [4.78, 5) is 17.6. The molecule has 0 aliphatic heterocycles. The highest BCUT2D eigenvalue weighted by atomic mass is 35.5. The standard InChI is InChI=1S/C15H19ClF3N7O/c1-4-7-25(2)8-22-12-10(15(17,18)19)6-5-9(11(12)16)13(27)23-14(24-20)26(3)21/h4-6,8H,1,7,20-21H2,2-3H3,(H,23,24,27)/b22-8+. The van der Waals surface area contributed by atoms with Crippen molar-refractivity contribution in [2.45, 2.75) is 6.18 Å². The van der Waals surface area contributed by atoms with Crippen molar-refractivity contribution in [1.29, 1.82) is 0 Å². The third-order valence-corrected chi connectivity index (χ3v) is 3.53. The van der Waals surface area contributed by atoms with Crippen LogP contribution in [0.1, 0.15) is 15.9 Å². The number of aliphatic imine (C=N–C) groups is 1. The summed E-state index contributed by atoms with van der Waals surface area (Å²) in [5.74, 6) is 9.44. The van der Waals surface area contributed by atoms with Gasteiger partial charge in [0.1, 0.15) is 0 Å². The Balaban J connectivity index is 3.40. The van der Waals surface area contributed by atoms with E-state index in [2.05, 4.69) is 22.0 Å². The Labute approximate surface area is 158 Å². The van der Waals surface area contributed by atoms with Crippen molar-refractivity contribution in [3.05, 3.63) is 40.9 Å². The molecule has 0 aliphatic carbocycles. The molecule has 0 atom stereocenters. The number of nitrogens with one attached hydrogen (secondary N) is 1. The predicted molar refractivity (Wildman–Crippen MR) is 98.5 cm³/mol. The predicted octanol–water partition coefficient (Wildman–Crippen LogP) is 1.90. The second-order valence-electron chi connectivity index (χ2n) is 5.31. The fourth-order valence-electron chi connectivity index (χ4n) is 1.88. The van der Waals surface area contributed by atoms with E-state index < -0.39 is 28.4 Å². The van der Waals surface area contributed by atoms with Crippen molar-refractivity contribution in [3.63, 3.8) is 0 Å². The number of hydrogen-bond acceptors (Lipinski definition) is 5. The highest BCUT2D eigenvalue weighted by molar-refractivity contribution is 6.36. The van der Waals surface area contributed by atoms with Gasteiger partial charge in [0.2, 0.25) is 5.96 Å². The zero-order valence-electron chi connectivity index (χ0n) is 14.6. The third-order valence-electron chi connectivity index (χ3n) is 3.15. The molecule has 27 heavy (non-hydrogen) atoms. The van der Waals surface area contributed by atoms with Crippen LogP contribution in [0, 0.1) is 0 Å². The Bertz CT molecular complexity index is 763. The van der Waals surface area contributed by atoms with E-state index >= 15 is 0 Å². The van der Waals surface area contributed by atoms with E-state index in [1.54, 1.807) is 13.1 Å². The van der Waals surface area contributed by atoms with Crippen molar-refractivity contribution in [2.24, 2.45) is 21.8 Å². The van der Waals surface area contributed by atoms with Crippen LogP contribution in [0.15, 0.2) is 34.9 Å². The summed E-state index contributed by atoms with van der Waals surface area (Å²) in [5.41, 5.74) is -1.94. The van der Waals surface area contributed by atoms with Crippen LogP contribution >= 0.6 is 11.6 Å². The first kappa shape index (κ1) is 22.3. The molecule has 5 N–H and O–H groups in total. The lowest BCUT2D eigenvalue weighted by molar-refractivity contribution is -0.137. The maximum Gasteiger partial charge on any atom is 0.418 e. The van der Waals surface area contributed by atoms with Gasteiger partial charge >= 0.3 is 6.18 Å². The van der Waals surface area contributed by atoms with Gasteiger partial charge in [0.25, 0.3) is 5.91 Å². The molecule has 0 aromatic heterocycles. The molecule has 0 radical (unpaired) electrons. The molecule has 1 amide bonds. The monoisotopic (exact) mass is 405 g/mol. The Morgan fingerprint density at radius 1 is 1.41 bits per heavy atom. The molecule has 12 heteroatoms. The van der Waals surface area contributed by atoms with E-state index in [0.717, 1.165) is 17.4 Å². The van der Waals surface area contributed by atoms with Crippen LogP contribution < -0.4 is 17.0 Å². The number of nitrogens with two attached hydrogens (primary N) is 2. The lowest BCUT2D eigenvalue weighted by atomic mass is 10.1. The van der Waals surface area contributed by atoms with E-state index in [0.29, 0.717) is 12.6 Å². The van der Waals surface area contributed by atoms with Crippen LogP contribution in [0.4, 0.5) is 18.9 Å². The average molecular weight is 406 g/mol. The molecule has 1 aromatic carbocycles. The number of halogens is 4. The second-order valence-corrected chi connectivity index (χ2v) is 5.69. The number of carbonyl (C=O) groups is 1. The summed E-state index contributed by atoms with van der Waals surface area (Å²) in [6, 6.07) is 1.64. The lowest BCUT2D eigenvalue weighted by Gasteiger charge is -2.17. The Morgan fingerprint density at radius 3 is 2.52 bits per heavy atom. The molecule has 1 aromatic rings. The summed E-state index contributed by atoms with van der Waals surface area (Å²) in [6.45, 7) is 3.87. The lowest BCUT2D eigenvalue weighted by Crippen LogP contribution is -2.46. The maximum absolute atomic E-state index is 13.3. The highest BCUT2D eigenvalue weighted by Gasteiger charge is 2.35. The van der Waals surface area contributed by atoms with Gasteiger partial charge in [-0.25, -0.2) is 10.8 Å². The van der Waals surface area contributed by atoms with Gasteiger partial charge in [-0.1, -0.05) is 17.7 Å². The van der Waals surface area contributed by atoms with Gasteiger partial charge in [-0.3, -0.25) is 15.1 Å². The summed E-state index contributed by atoms with van der Waals surface area (Å²) in [7, 11) is 2.94. The van der Waals surface area contributed by atoms with Crippen LogP contribution in [0.5, 0.6) is 0 Å². The molecule has 0 fully saturated rings. The van der Waals surface area contributed by atoms with Gasteiger partial charge < -0.3 is 10.7 Å². The largest absolute Gasteiger partial charge is 0.418 e. The minimum absolute atomic E-state index is 0.216. The number of amides is 1. The highest BCUT2D eigenvalue weighted by Crippen LogP contribution is 2.41. The number of hydrogen-bond donors (Lipinski definition) is 3. The first-order valence-corrected chi connectivity index (χ1v) is 7.73. The van der Waals surface area contributed by atoms with Crippen LogP contribution in [-0.4, -0.2) is 48.8 Å². The molecule has 148 valence electrons. The number of benzene rings is 1. The first-order valence-electron chi connectivity index (χ1n) is 7.35. The number of hydrazone groups is 1. The average Bonchev–Trinajstić information content (AvgIpc) is 2.57. The molecule has 0 bridgehead atoms. The number of carbonyl (C=O) groups excluding carboxylic acids is 1. The number of alkyl halides is 3. The van der Waals surface area contributed by atoms with Gasteiger partial charge in [-0.15, -0.1) is 11.7 Å². The number of hydrazine groups is 1. The van der Waals surface area contributed by atoms with E-state index in [1.807, 2.05) is 0 Å². The van der Waals surface area contributed by atoms with Gasteiger partial charge in [-0.05, 0) is 12.1 Å². The fourth-order valence-corrected chi connectivity index (χ4v) is 2.18. The SMILES string of the molecule is C=CCN(C)/C=N/c1c(C(F)(F)F)ccc(C(=O)N/C(=N/N)N(C)N)c1Cl. The van der Waals surface area contributed by atoms with Gasteiger partial charge in [0.05, 0.1) is 28.2 Å². The zero-order valence-corrected chi connectivity index (χ0v) is 15.3. The molecule has 0 spiro atoms. The van der Waals surface area contributed by atoms with Crippen molar-refractivity contribution < 1.29 is 18.0 Å². The van der Waals surface area contributed by atoms with Crippen molar-refractivity contribution in [2.75, 3.05) is 20.6 Å². The molecule has 0 saturated heterocycles. The maximum atomic E-state index is 13.3. The zero-order chi connectivity index (χ0) is 20.8. The van der Waals surface area contributed by atoms with Crippen LogP contribution in [-0.2, 0) is 6.18 Å². The smallest absolute Gasteiger partial charge is 0.362 e. The second kappa shape index (κ2) is 9.24. The Kier molecular flexibility index (Phi) is 7.61. The summed E-state index contributed by atoms with van der Waals surface area (Å²) < 4.78 is 39.8. The molecule has 0 unspecified atom stereocenters. The molecule has 0 aliphatic rings. The quantitative estimate of drug-likeness (QED) is 0.228. The normalized spacial score (nSPS) is 12.2. The van der Waals surface area contributed by atoms with Crippen molar-refractivity contribution in [1.82, 2.24) is 15.2 Å². The van der Waals surface area contributed by atoms with Gasteiger partial charge in [0, 0.05) is 20.6 Å². The Morgan fingerprint density at radius 2 is 2.04 bits per heavy atom. The molecule has 0 saturated carbocycles. The first-order chi connectivity index (χ1) is 12.5. The Hall–Kier alpha value is -2.79.